The molecule has 1 atom stereocenters. The van der Waals surface area contributed by atoms with Crippen molar-refractivity contribution in [1.82, 2.24) is 15.5 Å². The van der Waals surface area contributed by atoms with Crippen LogP contribution in [0.4, 0.5) is 4.39 Å². The van der Waals surface area contributed by atoms with Crippen LogP contribution in [-0.4, -0.2) is 38.5 Å². The molecule has 0 heterocycles. The molecule has 0 radical (unpaired) electrons. The normalized spacial score (nSPS) is 12.5. The third-order valence-electron chi connectivity index (χ3n) is 4.12. The van der Waals surface area contributed by atoms with E-state index in [0.29, 0.717) is 13.1 Å². The van der Waals surface area contributed by atoms with E-state index in [0.717, 1.165) is 11.5 Å². The highest BCUT2D eigenvalue weighted by Gasteiger charge is 2.15. The average molecular weight is 470 g/mol. The second-order valence-electron chi connectivity index (χ2n) is 6.33. The molecule has 4 nitrogen and oxygen atoms in total. The standard InChI is InChI=1S/C20H27FN4.HI/c1-15-8-10-16(11-9-15)13-23-20(22-2)24-14-19(25(3)4)17-6-5-7-18(21)12-17;/h5-12,19H,13-14H2,1-4H3,(H2,22,23,24);1H. The van der Waals surface area contributed by atoms with Crippen molar-refractivity contribution in [3.8, 4) is 0 Å². The van der Waals surface area contributed by atoms with Crippen molar-refractivity contribution < 1.29 is 4.39 Å². The SMILES string of the molecule is CN=C(NCc1ccc(C)cc1)NCC(c1cccc(F)c1)N(C)C.I. The first-order valence-electron chi connectivity index (χ1n) is 8.41. The summed E-state index contributed by atoms with van der Waals surface area (Å²) in [6.07, 6.45) is 0. The third-order valence-corrected chi connectivity index (χ3v) is 4.12. The second-order valence-corrected chi connectivity index (χ2v) is 6.33. The maximum Gasteiger partial charge on any atom is 0.191 e. The van der Waals surface area contributed by atoms with E-state index in [1.54, 1.807) is 19.2 Å². The summed E-state index contributed by atoms with van der Waals surface area (Å²) < 4.78 is 13.5. The highest BCUT2D eigenvalue weighted by molar-refractivity contribution is 14.0. The zero-order chi connectivity index (χ0) is 18.2. The lowest BCUT2D eigenvalue weighted by Crippen LogP contribution is -2.41. The molecule has 0 bridgehead atoms. The van der Waals surface area contributed by atoms with E-state index >= 15 is 0 Å². The molecule has 142 valence electrons. The molecule has 1 unspecified atom stereocenters. The molecule has 2 aromatic rings. The van der Waals surface area contributed by atoms with Gasteiger partial charge in [0.05, 0.1) is 6.04 Å². The minimum absolute atomic E-state index is 0. The average Bonchev–Trinajstić information content (AvgIpc) is 2.59. The molecule has 2 aromatic carbocycles. The van der Waals surface area contributed by atoms with Crippen molar-refractivity contribution in [2.45, 2.75) is 19.5 Å². The summed E-state index contributed by atoms with van der Waals surface area (Å²) in [5, 5.41) is 6.63. The first kappa shape index (κ1) is 22.4. The molecule has 0 fully saturated rings. The van der Waals surface area contributed by atoms with Crippen LogP contribution < -0.4 is 10.6 Å². The van der Waals surface area contributed by atoms with Crippen molar-refractivity contribution in [3.05, 3.63) is 71.0 Å². The van der Waals surface area contributed by atoms with Gasteiger partial charge in [-0.15, -0.1) is 24.0 Å². The molecule has 0 aliphatic rings. The van der Waals surface area contributed by atoms with E-state index in [1.807, 2.05) is 20.2 Å². The van der Waals surface area contributed by atoms with Crippen LogP contribution in [0.5, 0.6) is 0 Å². The fraction of sp³-hybridized carbons (Fsp3) is 0.350. The number of nitrogens with zero attached hydrogens (tertiary/aromatic N) is 2. The maximum atomic E-state index is 13.5. The van der Waals surface area contributed by atoms with Crippen molar-refractivity contribution in [2.24, 2.45) is 4.99 Å². The van der Waals surface area contributed by atoms with Crippen LogP contribution in [0.15, 0.2) is 53.5 Å². The third kappa shape index (κ3) is 6.92. The second kappa shape index (κ2) is 11.1. The molecule has 0 spiro atoms. The Balaban J connectivity index is 0.00000338. The van der Waals surface area contributed by atoms with Gasteiger partial charge < -0.3 is 15.5 Å². The summed E-state index contributed by atoms with van der Waals surface area (Å²) >= 11 is 0. The van der Waals surface area contributed by atoms with Gasteiger partial charge in [-0.25, -0.2) is 4.39 Å². The first-order chi connectivity index (χ1) is 12.0. The Morgan fingerprint density at radius 3 is 2.38 bits per heavy atom. The first-order valence-corrected chi connectivity index (χ1v) is 8.41. The van der Waals surface area contributed by atoms with Crippen molar-refractivity contribution in [1.29, 1.82) is 0 Å². The fourth-order valence-corrected chi connectivity index (χ4v) is 2.62. The van der Waals surface area contributed by atoms with Crippen LogP contribution in [0.2, 0.25) is 0 Å². The number of hydrogen-bond acceptors (Lipinski definition) is 2. The van der Waals surface area contributed by atoms with Gasteiger partial charge in [-0.05, 0) is 44.3 Å². The van der Waals surface area contributed by atoms with Gasteiger partial charge in [0.15, 0.2) is 5.96 Å². The number of nitrogens with one attached hydrogen (secondary N) is 2. The van der Waals surface area contributed by atoms with E-state index in [2.05, 4.69) is 51.7 Å². The molecular formula is C20H28FIN4. The Hall–Kier alpha value is -1.67. The van der Waals surface area contributed by atoms with Crippen LogP contribution in [0.1, 0.15) is 22.7 Å². The molecule has 2 N–H and O–H groups in total. The minimum atomic E-state index is -0.216. The molecule has 2 rings (SSSR count). The maximum absolute atomic E-state index is 13.5. The van der Waals surface area contributed by atoms with Crippen molar-refractivity contribution in [2.75, 3.05) is 27.7 Å². The van der Waals surface area contributed by atoms with E-state index in [-0.39, 0.29) is 35.8 Å². The van der Waals surface area contributed by atoms with Gasteiger partial charge in [0.25, 0.3) is 0 Å². The minimum Gasteiger partial charge on any atom is -0.354 e. The Morgan fingerprint density at radius 2 is 1.81 bits per heavy atom. The Labute approximate surface area is 172 Å². The summed E-state index contributed by atoms with van der Waals surface area (Å²) in [6.45, 7) is 3.40. The molecule has 0 aromatic heterocycles. The highest BCUT2D eigenvalue weighted by atomic mass is 127. The lowest BCUT2D eigenvalue weighted by molar-refractivity contribution is 0.297. The molecule has 0 saturated heterocycles. The van der Waals surface area contributed by atoms with Crippen LogP contribution >= 0.6 is 24.0 Å². The molecule has 0 aliphatic carbocycles. The van der Waals surface area contributed by atoms with Gasteiger partial charge in [-0.1, -0.05) is 42.0 Å². The zero-order valence-electron chi connectivity index (χ0n) is 15.8. The number of halogens is 2. The van der Waals surface area contributed by atoms with Crippen LogP contribution in [0.3, 0.4) is 0 Å². The summed E-state index contributed by atoms with van der Waals surface area (Å²) in [5.74, 6) is 0.509. The van der Waals surface area contributed by atoms with Crippen molar-refractivity contribution >= 4 is 29.9 Å². The van der Waals surface area contributed by atoms with Gasteiger partial charge in [-0.2, -0.15) is 0 Å². The molecule has 0 saturated carbocycles. The van der Waals surface area contributed by atoms with E-state index in [1.165, 1.54) is 17.2 Å². The Kier molecular flexibility index (Phi) is 9.58. The smallest absolute Gasteiger partial charge is 0.191 e. The van der Waals surface area contributed by atoms with Gasteiger partial charge in [-0.3, -0.25) is 4.99 Å². The lowest BCUT2D eigenvalue weighted by Gasteiger charge is -2.26. The highest BCUT2D eigenvalue weighted by Crippen LogP contribution is 2.18. The topological polar surface area (TPSA) is 39.7 Å². The molecule has 0 amide bonds. The molecular weight excluding hydrogens is 442 g/mol. The van der Waals surface area contributed by atoms with E-state index in [4.69, 9.17) is 0 Å². The predicted octanol–water partition coefficient (Wildman–Crippen LogP) is 3.72. The summed E-state index contributed by atoms with van der Waals surface area (Å²) in [5.41, 5.74) is 3.38. The number of benzene rings is 2. The largest absolute Gasteiger partial charge is 0.354 e. The number of aryl methyl sites for hydroxylation is 1. The number of rotatable bonds is 6. The predicted molar refractivity (Wildman–Crippen MR) is 118 cm³/mol. The van der Waals surface area contributed by atoms with Crippen LogP contribution in [0.25, 0.3) is 0 Å². The molecule has 6 heteroatoms. The summed E-state index contributed by atoms with van der Waals surface area (Å²) in [4.78, 5) is 6.33. The number of likely N-dealkylation sites (N-methyl/N-ethyl adjacent to an activating group) is 1. The van der Waals surface area contributed by atoms with Gasteiger partial charge in [0.1, 0.15) is 5.82 Å². The number of aliphatic imine (C=N–C) groups is 1. The van der Waals surface area contributed by atoms with Crippen molar-refractivity contribution in [3.63, 3.8) is 0 Å². The van der Waals surface area contributed by atoms with Gasteiger partial charge in [0.2, 0.25) is 0 Å². The summed E-state index contributed by atoms with van der Waals surface area (Å²) in [7, 11) is 5.72. The quantitative estimate of drug-likeness (QED) is 0.384. The molecule has 26 heavy (non-hydrogen) atoms. The molecule has 0 aliphatic heterocycles. The number of hydrogen-bond donors (Lipinski definition) is 2. The number of guanidine groups is 1. The van der Waals surface area contributed by atoms with E-state index < -0.39 is 0 Å². The lowest BCUT2D eigenvalue weighted by atomic mass is 10.1. The van der Waals surface area contributed by atoms with E-state index in [9.17, 15) is 4.39 Å². The zero-order valence-corrected chi connectivity index (χ0v) is 18.1. The van der Waals surface area contributed by atoms with Gasteiger partial charge >= 0.3 is 0 Å². The summed E-state index contributed by atoms with van der Waals surface area (Å²) in [6, 6.07) is 15.2. The van der Waals surface area contributed by atoms with Crippen LogP contribution in [0, 0.1) is 12.7 Å². The Morgan fingerprint density at radius 1 is 1.12 bits per heavy atom. The van der Waals surface area contributed by atoms with Crippen LogP contribution in [-0.2, 0) is 6.54 Å². The Bertz CT molecular complexity index is 701. The van der Waals surface area contributed by atoms with Gasteiger partial charge in [0, 0.05) is 20.1 Å². The fourth-order valence-electron chi connectivity index (χ4n) is 2.62. The monoisotopic (exact) mass is 470 g/mol.